The fraction of sp³-hybridized carbons (Fsp3) is 0.579. The maximum Gasteiger partial charge on any atom is 0.243 e. The van der Waals surface area contributed by atoms with Crippen molar-refractivity contribution in [3.63, 3.8) is 0 Å². The molecule has 28 heavy (non-hydrogen) atoms. The minimum absolute atomic E-state index is 0.273. The second-order valence-corrected chi connectivity index (χ2v) is 10.1. The first-order chi connectivity index (χ1) is 13.4. The highest BCUT2D eigenvalue weighted by Crippen LogP contribution is 2.32. The smallest absolute Gasteiger partial charge is 0.243 e. The van der Waals surface area contributed by atoms with E-state index in [1.807, 2.05) is 21.4 Å². The number of benzene rings is 1. The standard InChI is InChI=1S/C19H27N5O2S2/c1-15(2)23-13-20-24(19(23)27)14-21-11-8-16-12-17(6-7-18(16)21)28(25,26)22-9-4-3-5-10-22/h6-7,12-13,15H,3-5,8-11,14H2,1-2H3. The SMILES string of the molecule is CC(C)n1cnn(CN2CCc3cc(S(=O)(=O)N4CCCCC4)ccc32)c1=S. The Hall–Kier alpha value is -1.71. The summed E-state index contributed by atoms with van der Waals surface area (Å²) in [6, 6.07) is 5.80. The molecule has 2 aromatic rings. The predicted octanol–water partition coefficient (Wildman–Crippen LogP) is 3.19. The molecule has 0 bridgehead atoms. The maximum absolute atomic E-state index is 13.0. The van der Waals surface area contributed by atoms with Gasteiger partial charge in [-0.3, -0.25) is 0 Å². The van der Waals surface area contributed by atoms with Gasteiger partial charge in [-0.2, -0.15) is 9.40 Å². The quantitative estimate of drug-likeness (QED) is 0.694. The molecule has 1 aromatic carbocycles. The third-order valence-electron chi connectivity index (χ3n) is 5.61. The lowest BCUT2D eigenvalue weighted by Gasteiger charge is -2.26. The van der Waals surface area contributed by atoms with E-state index in [4.69, 9.17) is 12.2 Å². The molecule has 0 saturated carbocycles. The summed E-state index contributed by atoms with van der Waals surface area (Å²) in [6.45, 7) is 6.82. The van der Waals surface area contributed by atoms with Crippen LogP contribution in [0.1, 0.15) is 44.7 Å². The summed E-state index contributed by atoms with van der Waals surface area (Å²) in [5, 5.41) is 4.42. The van der Waals surface area contributed by atoms with Crippen LogP contribution in [0.5, 0.6) is 0 Å². The number of piperidine rings is 1. The van der Waals surface area contributed by atoms with E-state index in [-0.39, 0.29) is 6.04 Å². The number of sulfonamides is 1. The van der Waals surface area contributed by atoms with Gasteiger partial charge in [-0.25, -0.2) is 13.1 Å². The molecule has 0 radical (unpaired) electrons. The number of anilines is 1. The van der Waals surface area contributed by atoms with E-state index in [1.54, 1.807) is 16.7 Å². The fourth-order valence-corrected chi connectivity index (χ4v) is 5.90. The van der Waals surface area contributed by atoms with Crippen molar-refractivity contribution in [2.24, 2.45) is 0 Å². The van der Waals surface area contributed by atoms with Crippen LogP contribution in [-0.4, -0.2) is 46.7 Å². The molecule has 7 nitrogen and oxygen atoms in total. The van der Waals surface area contributed by atoms with E-state index in [9.17, 15) is 8.42 Å². The van der Waals surface area contributed by atoms with Gasteiger partial charge in [0.1, 0.15) is 13.0 Å². The Morgan fingerprint density at radius 3 is 2.57 bits per heavy atom. The number of hydrogen-bond acceptors (Lipinski definition) is 5. The third-order valence-corrected chi connectivity index (χ3v) is 7.93. The Morgan fingerprint density at radius 1 is 1.14 bits per heavy atom. The van der Waals surface area contributed by atoms with Crippen LogP contribution >= 0.6 is 12.2 Å². The highest BCUT2D eigenvalue weighted by Gasteiger charge is 2.28. The first-order valence-electron chi connectivity index (χ1n) is 9.90. The van der Waals surface area contributed by atoms with Crippen LogP contribution in [0.4, 0.5) is 5.69 Å². The van der Waals surface area contributed by atoms with Crippen LogP contribution in [0.15, 0.2) is 29.4 Å². The molecule has 4 rings (SSSR count). The average molecular weight is 422 g/mol. The van der Waals surface area contributed by atoms with E-state index in [0.29, 0.717) is 29.4 Å². The van der Waals surface area contributed by atoms with Gasteiger partial charge < -0.3 is 9.47 Å². The van der Waals surface area contributed by atoms with E-state index < -0.39 is 10.0 Å². The molecule has 9 heteroatoms. The molecule has 1 saturated heterocycles. The van der Waals surface area contributed by atoms with Crippen molar-refractivity contribution >= 4 is 27.9 Å². The molecule has 3 heterocycles. The van der Waals surface area contributed by atoms with Crippen molar-refractivity contribution in [2.75, 3.05) is 24.5 Å². The molecule has 0 atom stereocenters. The van der Waals surface area contributed by atoms with Gasteiger partial charge in [-0.15, -0.1) is 0 Å². The van der Waals surface area contributed by atoms with Crippen LogP contribution in [-0.2, 0) is 23.1 Å². The summed E-state index contributed by atoms with van der Waals surface area (Å²) >= 11 is 5.53. The van der Waals surface area contributed by atoms with E-state index in [1.165, 1.54) is 0 Å². The Balaban J connectivity index is 1.56. The Morgan fingerprint density at radius 2 is 1.89 bits per heavy atom. The first kappa shape index (κ1) is 19.6. The lowest BCUT2D eigenvalue weighted by atomic mass is 10.2. The van der Waals surface area contributed by atoms with Crippen molar-refractivity contribution < 1.29 is 8.42 Å². The number of nitrogens with zero attached hydrogens (tertiary/aromatic N) is 5. The summed E-state index contributed by atoms with van der Waals surface area (Å²) in [5.41, 5.74) is 2.14. The molecule has 152 valence electrons. The van der Waals surface area contributed by atoms with E-state index >= 15 is 0 Å². The maximum atomic E-state index is 13.0. The molecule has 1 aromatic heterocycles. The summed E-state index contributed by atoms with van der Waals surface area (Å²) in [7, 11) is -3.40. The van der Waals surface area contributed by atoms with E-state index in [2.05, 4.69) is 23.8 Å². The zero-order chi connectivity index (χ0) is 19.9. The highest BCUT2D eigenvalue weighted by atomic mass is 32.2. The van der Waals surface area contributed by atoms with Crippen LogP contribution < -0.4 is 4.90 Å². The van der Waals surface area contributed by atoms with E-state index in [0.717, 1.165) is 43.5 Å². The molecule has 0 unspecified atom stereocenters. The molecule has 1 fully saturated rings. The topological polar surface area (TPSA) is 63.4 Å². The number of rotatable bonds is 5. The summed E-state index contributed by atoms with van der Waals surface area (Å²) < 4.78 is 32.0. The molecule has 2 aliphatic heterocycles. The second kappa shape index (κ2) is 7.61. The highest BCUT2D eigenvalue weighted by molar-refractivity contribution is 7.89. The molecule has 0 amide bonds. The lowest BCUT2D eigenvalue weighted by molar-refractivity contribution is 0.346. The first-order valence-corrected chi connectivity index (χ1v) is 11.7. The van der Waals surface area contributed by atoms with Gasteiger partial charge in [0, 0.05) is 31.4 Å². The van der Waals surface area contributed by atoms with Gasteiger partial charge in [0.05, 0.1) is 4.90 Å². The Kier molecular flexibility index (Phi) is 5.32. The normalized spacial score (nSPS) is 18.0. The summed E-state index contributed by atoms with van der Waals surface area (Å²) in [6.07, 6.45) is 5.61. The van der Waals surface area contributed by atoms with Gasteiger partial charge >= 0.3 is 0 Å². The lowest BCUT2D eigenvalue weighted by Crippen LogP contribution is -2.35. The minimum atomic E-state index is -3.40. The molecule has 0 aliphatic carbocycles. The van der Waals surface area contributed by atoms with Gasteiger partial charge in [0.2, 0.25) is 10.0 Å². The van der Waals surface area contributed by atoms with Crippen LogP contribution in [0.2, 0.25) is 0 Å². The number of aromatic nitrogens is 3. The van der Waals surface area contributed by atoms with Crippen LogP contribution in [0, 0.1) is 4.77 Å². The van der Waals surface area contributed by atoms with Gasteiger partial charge in [-0.05, 0) is 69.1 Å². The second-order valence-electron chi connectivity index (χ2n) is 7.82. The molecule has 0 N–H and O–H groups in total. The Labute approximate surface area is 171 Å². The summed E-state index contributed by atoms with van der Waals surface area (Å²) in [4.78, 5) is 2.62. The van der Waals surface area contributed by atoms with Crippen molar-refractivity contribution in [3.05, 3.63) is 34.9 Å². The van der Waals surface area contributed by atoms with Crippen molar-refractivity contribution in [3.8, 4) is 0 Å². The fourth-order valence-electron chi connectivity index (χ4n) is 3.97. The van der Waals surface area contributed by atoms with Gasteiger partial charge in [-0.1, -0.05) is 6.42 Å². The average Bonchev–Trinajstić information content (AvgIpc) is 3.26. The van der Waals surface area contributed by atoms with Gasteiger partial charge in [0.15, 0.2) is 4.77 Å². The van der Waals surface area contributed by atoms with Crippen LogP contribution in [0.3, 0.4) is 0 Å². The largest absolute Gasteiger partial charge is 0.351 e. The van der Waals surface area contributed by atoms with Crippen molar-refractivity contribution in [1.29, 1.82) is 0 Å². The molecular weight excluding hydrogens is 394 g/mol. The zero-order valence-corrected chi connectivity index (χ0v) is 18.0. The molecule has 2 aliphatic rings. The number of hydrogen-bond donors (Lipinski definition) is 0. The van der Waals surface area contributed by atoms with Crippen molar-refractivity contribution in [1.82, 2.24) is 18.7 Å². The van der Waals surface area contributed by atoms with Gasteiger partial charge in [0.25, 0.3) is 0 Å². The molecule has 0 spiro atoms. The predicted molar refractivity (Wildman–Crippen MR) is 112 cm³/mol. The monoisotopic (exact) mass is 421 g/mol. The summed E-state index contributed by atoms with van der Waals surface area (Å²) in [5.74, 6) is 0. The zero-order valence-electron chi connectivity index (χ0n) is 16.4. The number of fused-ring (bicyclic) bond motifs is 1. The van der Waals surface area contributed by atoms with Crippen LogP contribution in [0.25, 0.3) is 0 Å². The molecular formula is C19H27N5O2S2. The third kappa shape index (κ3) is 3.51. The minimum Gasteiger partial charge on any atom is -0.351 e. The Bertz CT molecular complexity index is 1020. The van der Waals surface area contributed by atoms with Crippen molar-refractivity contribution in [2.45, 2.75) is 57.1 Å².